The van der Waals surface area contributed by atoms with Gasteiger partial charge in [0.2, 0.25) is 0 Å². The van der Waals surface area contributed by atoms with Crippen molar-refractivity contribution in [3.63, 3.8) is 0 Å². The standard InChI is InChI=1S/C16H18N4OS/c1-11-9-12(2)19-15(14(11)10-17)20-6-3-13(4-7-20)21-16-18-5-8-22-16/h5,8-9,13H,3-4,6-7H2,1-2H3. The second-order valence-corrected chi connectivity index (χ2v) is 6.35. The summed E-state index contributed by atoms with van der Waals surface area (Å²) in [5, 5.41) is 12.1. The molecule has 0 aromatic carbocycles. The zero-order valence-corrected chi connectivity index (χ0v) is 13.6. The molecule has 1 saturated heterocycles. The summed E-state index contributed by atoms with van der Waals surface area (Å²) in [6.45, 7) is 5.63. The van der Waals surface area contributed by atoms with Crippen LogP contribution < -0.4 is 9.64 Å². The maximum Gasteiger partial charge on any atom is 0.273 e. The lowest BCUT2D eigenvalue weighted by atomic mass is 10.1. The highest BCUT2D eigenvalue weighted by Gasteiger charge is 2.24. The lowest BCUT2D eigenvalue weighted by Crippen LogP contribution is -2.39. The van der Waals surface area contributed by atoms with Gasteiger partial charge in [-0.25, -0.2) is 9.97 Å². The molecule has 0 saturated carbocycles. The van der Waals surface area contributed by atoms with Gasteiger partial charge in [-0.05, 0) is 25.5 Å². The average molecular weight is 314 g/mol. The molecule has 0 unspecified atom stereocenters. The normalized spacial score (nSPS) is 15.6. The Kier molecular flexibility index (Phi) is 4.25. The molecule has 0 bridgehead atoms. The van der Waals surface area contributed by atoms with E-state index in [0.717, 1.165) is 48.2 Å². The van der Waals surface area contributed by atoms with E-state index < -0.39 is 0 Å². The highest BCUT2D eigenvalue weighted by molar-refractivity contribution is 7.11. The Morgan fingerprint density at radius 3 is 2.77 bits per heavy atom. The summed E-state index contributed by atoms with van der Waals surface area (Å²) in [4.78, 5) is 10.9. The molecule has 2 aromatic heterocycles. The predicted molar refractivity (Wildman–Crippen MR) is 86.4 cm³/mol. The van der Waals surface area contributed by atoms with Crippen LogP contribution in [0.25, 0.3) is 0 Å². The molecule has 6 heteroatoms. The van der Waals surface area contributed by atoms with Crippen LogP contribution in [0.5, 0.6) is 5.19 Å². The third-order valence-electron chi connectivity index (χ3n) is 3.86. The van der Waals surface area contributed by atoms with Gasteiger partial charge < -0.3 is 9.64 Å². The number of hydrogen-bond donors (Lipinski definition) is 0. The molecular weight excluding hydrogens is 296 g/mol. The molecular formula is C16H18N4OS. The fraction of sp³-hybridized carbons (Fsp3) is 0.438. The Bertz CT molecular complexity index is 685. The van der Waals surface area contributed by atoms with E-state index in [1.807, 2.05) is 25.3 Å². The molecule has 5 nitrogen and oxygen atoms in total. The number of piperidine rings is 1. The molecule has 0 aliphatic carbocycles. The van der Waals surface area contributed by atoms with Crippen molar-refractivity contribution in [2.75, 3.05) is 18.0 Å². The Balaban J connectivity index is 1.70. The number of nitriles is 1. The first-order valence-electron chi connectivity index (χ1n) is 7.37. The van der Waals surface area contributed by atoms with Crippen molar-refractivity contribution in [3.05, 3.63) is 34.5 Å². The molecule has 0 radical (unpaired) electrons. The summed E-state index contributed by atoms with van der Waals surface area (Å²) >= 11 is 1.52. The number of rotatable bonds is 3. The summed E-state index contributed by atoms with van der Waals surface area (Å²) in [5.41, 5.74) is 2.63. The van der Waals surface area contributed by atoms with Crippen molar-refractivity contribution in [3.8, 4) is 11.3 Å². The number of pyridine rings is 1. The zero-order valence-electron chi connectivity index (χ0n) is 12.7. The Morgan fingerprint density at radius 1 is 1.36 bits per heavy atom. The number of thiazole rings is 1. The molecule has 2 aromatic rings. The van der Waals surface area contributed by atoms with Crippen molar-refractivity contribution < 1.29 is 4.74 Å². The molecule has 0 atom stereocenters. The summed E-state index contributed by atoms with van der Waals surface area (Å²) in [6.07, 6.45) is 3.78. The van der Waals surface area contributed by atoms with Crippen LogP contribution in [0.3, 0.4) is 0 Å². The highest BCUT2D eigenvalue weighted by atomic mass is 32.1. The van der Waals surface area contributed by atoms with E-state index in [1.54, 1.807) is 6.20 Å². The summed E-state index contributed by atoms with van der Waals surface area (Å²) < 4.78 is 5.88. The fourth-order valence-electron chi connectivity index (χ4n) is 2.78. The average Bonchev–Trinajstić information content (AvgIpc) is 3.00. The van der Waals surface area contributed by atoms with Crippen molar-refractivity contribution in [1.82, 2.24) is 9.97 Å². The predicted octanol–water partition coefficient (Wildman–Crippen LogP) is 3.07. The largest absolute Gasteiger partial charge is 0.467 e. The third kappa shape index (κ3) is 3.04. The van der Waals surface area contributed by atoms with Crippen LogP contribution in [0.2, 0.25) is 0 Å². The zero-order chi connectivity index (χ0) is 15.5. The second-order valence-electron chi connectivity index (χ2n) is 5.49. The van der Waals surface area contributed by atoms with Crippen LogP contribution >= 0.6 is 11.3 Å². The van der Waals surface area contributed by atoms with Crippen LogP contribution in [0.15, 0.2) is 17.6 Å². The summed E-state index contributed by atoms with van der Waals surface area (Å²) in [6, 6.07) is 4.25. The van der Waals surface area contributed by atoms with Crippen molar-refractivity contribution in [2.45, 2.75) is 32.8 Å². The van der Waals surface area contributed by atoms with Gasteiger partial charge in [-0.3, -0.25) is 0 Å². The number of hydrogen-bond acceptors (Lipinski definition) is 6. The van der Waals surface area contributed by atoms with Crippen LogP contribution in [0.1, 0.15) is 29.7 Å². The highest BCUT2D eigenvalue weighted by Crippen LogP contribution is 2.27. The number of aromatic nitrogens is 2. The van der Waals surface area contributed by atoms with Crippen LogP contribution in [0.4, 0.5) is 5.82 Å². The maximum absolute atomic E-state index is 9.40. The number of anilines is 1. The fourth-order valence-corrected chi connectivity index (χ4v) is 3.33. The van der Waals surface area contributed by atoms with E-state index in [9.17, 15) is 5.26 Å². The number of ether oxygens (including phenoxy) is 1. The first-order chi connectivity index (χ1) is 10.7. The molecule has 0 spiro atoms. The molecule has 3 rings (SSSR count). The molecule has 3 heterocycles. The van der Waals surface area contributed by atoms with E-state index in [4.69, 9.17) is 4.74 Å². The molecule has 1 aliphatic heterocycles. The third-order valence-corrected chi connectivity index (χ3v) is 4.52. The van der Waals surface area contributed by atoms with Crippen LogP contribution in [-0.4, -0.2) is 29.2 Å². The van der Waals surface area contributed by atoms with Gasteiger partial charge in [-0.1, -0.05) is 11.3 Å². The molecule has 1 aliphatic rings. The van der Waals surface area contributed by atoms with Gasteiger partial charge in [0, 0.05) is 43.2 Å². The van der Waals surface area contributed by atoms with Crippen LogP contribution in [0, 0.1) is 25.2 Å². The quantitative estimate of drug-likeness (QED) is 0.871. The smallest absolute Gasteiger partial charge is 0.273 e. The summed E-state index contributed by atoms with van der Waals surface area (Å²) in [5.74, 6) is 0.813. The maximum atomic E-state index is 9.40. The second kappa shape index (κ2) is 6.32. The van der Waals surface area contributed by atoms with Gasteiger partial charge >= 0.3 is 0 Å². The monoisotopic (exact) mass is 314 g/mol. The minimum atomic E-state index is 0.193. The first kappa shape index (κ1) is 14.8. The van der Waals surface area contributed by atoms with E-state index in [-0.39, 0.29) is 6.10 Å². The van der Waals surface area contributed by atoms with Gasteiger partial charge in [0.25, 0.3) is 5.19 Å². The lowest BCUT2D eigenvalue weighted by Gasteiger charge is -2.33. The number of nitrogens with zero attached hydrogens (tertiary/aromatic N) is 4. The van der Waals surface area contributed by atoms with Gasteiger partial charge in [-0.15, -0.1) is 0 Å². The van der Waals surface area contributed by atoms with Crippen molar-refractivity contribution in [1.29, 1.82) is 5.26 Å². The molecule has 1 fully saturated rings. The van der Waals surface area contributed by atoms with E-state index in [2.05, 4.69) is 20.9 Å². The molecule has 114 valence electrons. The van der Waals surface area contributed by atoms with Gasteiger partial charge in [-0.2, -0.15) is 5.26 Å². The molecule has 0 amide bonds. The van der Waals surface area contributed by atoms with Gasteiger partial charge in [0.1, 0.15) is 18.0 Å². The minimum absolute atomic E-state index is 0.193. The minimum Gasteiger partial charge on any atom is -0.467 e. The topological polar surface area (TPSA) is 62.0 Å². The number of aryl methyl sites for hydroxylation is 2. The molecule has 22 heavy (non-hydrogen) atoms. The van der Waals surface area contributed by atoms with Crippen LogP contribution in [-0.2, 0) is 0 Å². The Labute approximate surface area is 134 Å². The van der Waals surface area contributed by atoms with E-state index in [1.165, 1.54) is 11.3 Å². The van der Waals surface area contributed by atoms with Gasteiger partial charge in [0.05, 0.1) is 5.56 Å². The summed E-state index contributed by atoms with van der Waals surface area (Å²) in [7, 11) is 0. The lowest BCUT2D eigenvalue weighted by molar-refractivity contribution is 0.170. The van der Waals surface area contributed by atoms with E-state index in [0.29, 0.717) is 5.56 Å². The Hall–Kier alpha value is -2.13. The SMILES string of the molecule is Cc1cc(C)c(C#N)c(N2CCC(Oc3nccs3)CC2)n1. The Morgan fingerprint density at radius 2 is 2.14 bits per heavy atom. The molecule has 0 N–H and O–H groups in total. The van der Waals surface area contributed by atoms with Gasteiger partial charge in [0.15, 0.2) is 0 Å². The van der Waals surface area contributed by atoms with Crippen molar-refractivity contribution in [2.24, 2.45) is 0 Å². The van der Waals surface area contributed by atoms with Crippen molar-refractivity contribution >= 4 is 17.2 Å². The first-order valence-corrected chi connectivity index (χ1v) is 8.25. The van der Waals surface area contributed by atoms with E-state index >= 15 is 0 Å².